The van der Waals surface area contributed by atoms with Crippen LogP contribution in [0, 0.1) is 0 Å². The molecule has 0 radical (unpaired) electrons. The number of carbonyl (C=O) groups excluding carboxylic acids is 1. The minimum Gasteiger partial charge on any atom is -0.485 e. The molecule has 17 heavy (non-hydrogen) atoms. The summed E-state index contributed by atoms with van der Waals surface area (Å²) in [6.07, 6.45) is 0.0113. The van der Waals surface area contributed by atoms with Crippen LogP contribution in [-0.4, -0.2) is 5.78 Å². The highest BCUT2D eigenvalue weighted by atomic mass is 32.1. The van der Waals surface area contributed by atoms with E-state index in [9.17, 15) is 4.79 Å². The number of ether oxygens (including phenoxy) is 1. The lowest BCUT2D eigenvalue weighted by atomic mass is 10.1. The molecule has 1 aromatic heterocycles. The van der Waals surface area contributed by atoms with Crippen molar-refractivity contribution in [2.24, 2.45) is 0 Å². The largest absolute Gasteiger partial charge is 0.485 e. The number of Topliss-reactive ketones (excluding diaryl/α,β-unsaturated/α-hetero) is 1. The predicted octanol–water partition coefficient (Wildman–Crippen LogP) is 4.09. The number of hydrogen-bond donors (Lipinski definition) is 0. The van der Waals surface area contributed by atoms with E-state index in [-0.39, 0.29) is 11.9 Å². The summed E-state index contributed by atoms with van der Waals surface area (Å²) in [5, 5.41) is 2.03. The molecule has 0 aliphatic rings. The van der Waals surface area contributed by atoms with E-state index in [1.807, 2.05) is 36.6 Å². The Morgan fingerprint density at radius 2 is 2.12 bits per heavy atom. The molecule has 2 aromatic rings. The van der Waals surface area contributed by atoms with Crippen molar-refractivity contribution in [2.45, 2.75) is 20.0 Å². The van der Waals surface area contributed by atoms with Gasteiger partial charge in [0.15, 0.2) is 5.78 Å². The van der Waals surface area contributed by atoms with E-state index >= 15 is 0 Å². The van der Waals surface area contributed by atoms with Gasteiger partial charge in [0, 0.05) is 10.4 Å². The molecule has 1 aromatic carbocycles. The Hall–Kier alpha value is -1.61. The summed E-state index contributed by atoms with van der Waals surface area (Å²) in [6.45, 7) is 3.56. The Labute approximate surface area is 105 Å². The molecule has 1 unspecified atom stereocenters. The van der Waals surface area contributed by atoms with Crippen LogP contribution in [0.1, 0.15) is 35.2 Å². The maximum atomic E-state index is 11.3. The number of carbonyl (C=O) groups is 1. The molecule has 0 spiro atoms. The second-order valence-corrected chi connectivity index (χ2v) is 4.84. The highest BCUT2D eigenvalue weighted by molar-refractivity contribution is 7.10. The van der Waals surface area contributed by atoms with Crippen molar-refractivity contribution >= 4 is 17.1 Å². The maximum absolute atomic E-state index is 11.3. The molecule has 0 aliphatic carbocycles. The van der Waals surface area contributed by atoms with Crippen LogP contribution < -0.4 is 4.74 Å². The Morgan fingerprint density at radius 1 is 1.29 bits per heavy atom. The van der Waals surface area contributed by atoms with Gasteiger partial charge in [-0.2, -0.15) is 0 Å². The lowest BCUT2D eigenvalue weighted by Crippen LogP contribution is -2.01. The minimum absolute atomic E-state index is 0.0113. The van der Waals surface area contributed by atoms with Gasteiger partial charge in [0.2, 0.25) is 0 Å². The lowest BCUT2D eigenvalue weighted by Gasteiger charge is -2.13. The van der Waals surface area contributed by atoms with Crippen LogP contribution in [0.4, 0.5) is 0 Å². The summed E-state index contributed by atoms with van der Waals surface area (Å²) in [6, 6.07) is 11.3. The third-order valence-electron chi connectivity index (χ3n) is 2.50. The fourth-order valence-corrected chi connectivity index (χ4v) is 2.28. The smallest absolute Gasteiger partial charge is 0.159 e. The number of rotatable bonds is 4. The fourth-order valence-electron chi connectivity index (χ4n) is 1.57. The average Bonchev–Trinajstić information content (AvgIpc) is 2.82. The van der Waals surface area contributed by atoms with Crippen molar-refractivity contribution in [1.29, 1.82) is 0 Å². The number of hydrogen-bond acceptors (Lipinski definition) is 3. The number of thiophene rings is 1. The van der Waals surface area contributed by atoms with Gasteiger partial charge in [0.1, 0.15) is 11.9 Å². The van der Waals surface area contributed by atoms with Crippen molar-refractivity contribution in [3.63, 3.8) is 0 Å². The van der Waals surface area contributed by atoms with Gasteiger partial charge in [-0.3, -0.25) is 4.79 Å². The van der Waals surface area contributed by atoms with Crippen molar-refractivity contribution in [3.8, 4) is 5.75 Å². The first-order valence-corrected chi connectivity index (χ1v) is 6.36. The molecule has 1 heterocycles. The Kier molecular flexibility index (Phi) is 3.59. The van der Waals surface area contributed by atoms with Crippen LogP contribution >= 0.6 is 11.3 Å². The van der Waals surface area contributed by atoms with Crippen molar-refractivity contribution < 1.29 is 9.53 Å². The third kappa shape index (κ3) is 2.94. The van der Waals surface area contributed by atoms with Crippen molar-refractivity contribution in [2.75, 3.05) is 0 Å². The van der Waals surface area contributed by atoms with Gasteiger partial charge in [-0.15, -0.1) is 11.3 Å². The Morgan fingerprint density at radius 3 is 2.76 bits per heavy atom. The van der Waals surface area contributed by atoms with Crippen LogP contribution in [0.3, 0.4) is 0 Å². The standard InChI is InChI=1S/C14H14O2S/c1-10(15)12-5-3-6-13(9-12)16-11(2)14-7-4-8-17-14/h3-9,11H,1-2H3. The van der Waals surface area contributed by atoms with Crippen molar-refractivity contribution in [3.05, 3.63) is 52.2 Å². The van der Waals surface area contributed by atoms with Crippen LogP contribution in [0.25, 0.3) is 0 Å². The maximum Gasteiger partial charge on any atom is 0.159 e. The summed E-state index contributed by atoms with van der Waals surface area (Å²) in [5.41, 5.74) is 0.681. The van der Waals surface area contributed by atoms with Gasteiger partial charge >= 0.3 is 0 Å². The normalized spacial score (nSPS) is 12.1. The molecule has 0 saturated heterocycles. The number of ketones is 1. The Bertz CT molecular complexity index is 503. The van der Waals surface area contributed by atoms with Crippen LogP contribution in [0.5, 0.6) is 5.75 Å². The van der Waals surface area contributed by atoms with Crippen molar-refractivity contribution in [1.82, 2.24) is 0 Å². The molecule has 0 aliphatic heterocycles. The van der Waals surface area contributed by atoms with Crippen LogP contribution in [0.2, 0.25) is 0 Å². The van der Waals surface area contributed by atoms with E-state index < -0.39 is 0 Å². The summed E-state index contributed by atoms with van der Waals surface area (Å²) >= 11 is 1.67. The van der Waals surface area contributed by atoms with E-state index in [0.717, 1.165) is 5.75 Å². The first-order chi connectivity index (χ1) is 8.16. The van der Waals surface area contributed by atoms with E-state index in [0.29, 0.717) is 5.56 Å². The monoisotopic (exact) mass is 246 g/mol. The molecule has 0 bridgehead atoms. The SMILES string of the molecule is CC(=O)c1cccc(OC(C)c2cccs2)c1. The first kappa shape index (κ1) is 11.9. The molecule has 0 fully saturated rings. The fraction of sp³-hybridized carbons (Fsp3) is 0.214. The quantitative estimate of drug-likeness (QED) is 0.759. The van der Waals surface area contributed by atoms with E-state index in [2.05, 4.69) is 0 Å². The average molecular weight is 246 g/mol. The molecule has 0 saturated carbocycles. The second-order valence-electron chi connectivity index (χ2n) is 3.86. The highest BCUT2D eigenvalue weighted by Crippen LogP contribution is 2.25. The van der Waals surface area contributed by atoms with Crippen LogP contribution in [0.15, 0.2) is 41.8 Å². The molecule has 1 atom stereocenters. The van der Waals surface area contributed by atoms with Crippen LogP contribution in [-0.2, 0) is 0 Å². The molecule has 88 valence electrons. The lowest BCUT2D eigenvalue weighted by molar-refractivity contribution is 0.101. The van der Waals surface area contributed by atoms with Gasteiger partial charge in [-0.1, -0.05) is 18.2 Å². The Balaban J connectivity index is 2.13. The predicted molar refractivity (Wildman–Crippen MR) is 69.8 cm³/mol. The molecule has 2 rings (SSSR count). The zero-order valence-electron chi connectivity index (χ0n) is 9.84. The molecule has 0 amide bonds. The van der Waals surface area contributed by atoms with E-state index in [1.54, 1.807) is 30.4 Å². The summed E-state index contributed by atoms with van der Waals surface area (Å²) in [4.78, 5) is 12.4. The highest BCUT2D eigenvalue weighted by Gasteiger charge is 2.09. The zero-order chi connectivity index (χ0) is 12.3. The first-order valence-electron chi connectivity index (χ1n) is 5.48. The molecular formula is C14H14O2S. The van der Waals surface area contributed by atoms with E-state index in [1.165, 1.54) is 4.88 Å². The second kappa shape index (κ2) is 5.15. The van der Waals surface area contributed by atoms with Gasteiger partial charge < -0.3 is 4.74 Å². The summed E-state index contributed by atoms with van der Waals surface area (Å²) in [5.74, 6) is 0.790. The minimum atomic E-state index is 0.0113. The molecule has 3 heteroatoms. The molecular weight excluding hydrogens is 232 g/mol. The number of benzene rings is 1. The van der Waals surface area contributed by atoms with Gasteiger partial charge in [0.05, 0.1) is 0 Å². The van der Waals surface area contributed by atoms with Gasteiger partial charge in [0.25, 0.3) is 0 Å². The topological polar surface area (TPSA) is 26.3 Å². The molecule has 2 nitrogen and oxygen atoms in total. The zero-order valence-corrected chi connectivity index (χ0v) is 10.7. The van der Waals surface area contributed by atoms with E-state index in [4.69, 9.17) is 4.74 Å². The summed E-state index contributed by atoms with van der Waals surface area (Å²) in [7, 11) is 0. The van der Waals surface area contributed by atoms with Gasteiger partial charge in [-0.25, -0.2) is 0 Å². The third-order valence-corrected chi connectivity index (χ3v) is 3.53. The van der Waals surface area contributed by atoms with Gasteiger partial charge in [-0.05, 0) is 37.4 Å². The molecule has 0 N–H and O–H groups in total. The summed E-state index contributed by atoms with van der Waals surface area (Å²) < 4.78 is 5.81.